The van der Waals surface area contributed by atoms with Crippen LogP contribution in [0.25, 0.3) is 16.9 Å². The lowest BCUT2D eigenvalue weighted by Gasteiger charge is -2.12. The van der Waals surface area contributed by atoms with Crippen molar-refractivity contribution < 1.29 is 5.11 Å². The van der Waals surface area contributed by atoms with Gasteiger partial charge in [-0.05, 0) is 62.1 Å². The van der Waals surface area contributed by atoms with Crippen LogP contribution < -0.4 is 0 Å². The minimum atomic E-state index is 0.334. The quantitative estimate of drug-likeness (QED) is 0.557. The Kier molecular flexibility index (Phi) is 4.32. The van der Waals surface area contributed by atoms with Crippen molar-refractivity contribution in [3.8, 4) is 0 Å². The molecule has 2 rings (SSSR count). The van der Waals surface area contributed by atoms with E-state index in [4.69, 9.17) is 0 Å². The standard InChI is InChI=1S/C20H22O/c1-13(2)17-10-9-15(4)19(12-17)16(5)20(21)18-8-6-7-14(3)11-18/h6-12,21H,1H2,2-5H3/b20-16+. The van der Waals surface area contributed by atoms with Crippen molar-refractivity contribution in [1.29, 1.82) is 0 Å². The zero-order chi connectivity index (χ0) is 15.6. The summed E-state index contributed by atoms with van der Waals surface area (Å²) in [6, 6.07) is 14.2. The second kappa shape index (κ2) is 6.01. The molecule has 108 valence electrons. The zero-order valence-electron chi connectivity index (χ0n) is 13.2. The third-order valence-corrected chi connectivity index (χ3v) is 3.78. The van der Waals surface area contributed by atoms with Crippen LogP contribution in [0, 0.1) is 13.8 Å². The molecule has 1 N–H and O–H groups in total. The van der Waals surface area contributed by atoms with Crippen LogP contribution in [0.5, 0.6) is 0 Å². The Morgan fingerprint density at radius 3 is 2.29 bits per heavy atom. The van der Waals surface area contributed by atoms with Crippen LogP contribution in [0.1, 0.15) is 41.7 Å². The first kappa shape index (κ1) is 15.1. The van der Waals surface area contributed by atoms with Crippen LogP contribution in [-0.4, -0.2) is 5.11 Å². The lowest BCUT2D eigenvalue weighted by molar-refractivity contribution is 0.513. The Morgan fingerprint density at radius 1 is 0.952 bits per heavy atom. The molecule has 21 heavy (non-hydrogen) atoms. The number of aryl methyl sites for hydroxylation is 2. The van der Waals surface area contributed by atoms with Gasteiger partial charge in [0.2, 0.25) is 0 Å². The highest BCUT2D eigenvalue weighted by molar-refractivity contribution is 5.87. The summed E-state index contributed by atoms with van der Waals surface area (Å²) in [5, 5.41) is 10.6. The fourth-order valence-electron chi connectivity index (χ4n) is 2.43. The first-order valence-corrected chi connectivity index (χ1v) is 7.14. The monoisotopic (exact) mass is 278 g/mol. The van der Waals surface area contributed by atoms with Crippen molar-refractivity contribution >= 4 is 16.9 Å². The average Bonchev–Trinajstić information content (AvgIpc) is 2.46. The maximum Gasteiger partial charge on any atom is 0.126 e. The summed E-state index contributed by atoms with van der Waals surface area (Å²) in [5.74, 6) is 0.334. The third-order valence-electron chi connectivity index (χ3n) is 3.78. The molecule has 0 bridgehead atoms. The van der Waals surface area contributed by atoms with Gasteiger partial charge in [-0.15, -0.1) is 0 Å². The molecule has 2 aromatic carbocycles. The van der Waals surface area contributed by atoms with E-state index in [1.165, 1.54) is 0 Å². The average molecular weight is 278 g/mol. The van der Waals surface area contributed by atoms with Crippen LogP contribution in [0.4, 0.5) is 0 Å². The molecule has 0 unspecified atom stereocenters. The molecule has 0 aliphatic rings. The Labute approximate surface area is 127 Å². The Balaban J connectivity index is 2.56. The number of rotatable bonds is 3. The molecule has 0 aromatic heterocycles. The van der Waals surface area contributed by atoms with E-state index in [1.807, 2.05) is 45.0 Å². The summed E-state index contributed by atoms with van der Waals surface area (Å²) in [6.45, 7) is 12.0. The molecular weight excluding hydrogens is 256 g/mol. The summed E-state index contributed by atoms with van der Waals surface area (Å²) in [7, 11) is 0. The van der Waals surface area contributed by atoms with E-state index in [9.17, 15) is 5.11 Å². The van der Waals surface area contributed by atoms with Gasteiger partial charge in [0.25, 0.3) is 0 Å². The van der Waals surface area contributed by atoms with Crippen molar-refractivity contribution in [3.63, 3.8) is 0 Å². The topological polar surface area (TPSA) is 20.2 Å². The van der Waals surface area contributed by atoms with Crippen LogP contribution >= 0.6 is 0 Å². The van der Waals surface area contributed by atoms with E-state index in [-0.39, 0.29) is 0 Å². The minimum Gasteiger partial charge on any atom is -0.507 e. The maximum absolute atomic E-state index is 10.6. The van der Waals surface area contributed by atoms with Crippen molar-refractivity contribution in [3.05, 3.63) is 76.9 Å². The predicted molar refractivity (Wildman–Crippen MR) is 92.2 cm³/mol. The third kappa shape index (κ3) is 3.25. The number of hydrogen-bond acceptors (Lipinski definition) is 1. The fourth-order valence-corrected chi connectivity index (χ4v) is 2.43. The van der Waals surface area contributed by atoms with Gasteiger partial charge in [-0.2, -0.15) is 0 Å². The van der Waals surface area contributed by atoms with E-state index in [1.54, 1.807) is 0 Å². The Morgan fingerprint density at radius 2 is 1.67 bits per heavy atom. The van der Waals surface area contributed by atoms with Crippen molar-refractivity contribution in [2.75, 3.05) is 0 Å². The lowest BCUT2D eigenvalue weighted by atomic mass is 9.94. The largest absolute Gasteiger partial charge is 0.507 e. The van der Waals surface area contributed by atoms with Crippen LogP contribution in [-0.2, 0) is 0 Å². The first-order valence-electron chi connectivity index (χ1n) is 7.14. The maximum atomic E-state index is 10.6. The van der Waals surface area contributed by atoms with Crippen LogP contribution in [0.15, 0.2) is 49.0 Å². The fraction of sp³-hybridized carbons (Fsp3) is 0.200. The van der Waals surface area contributed by atoms with Gasteiger partial charge in [-0.1, -0.05) is 48.0 Å². The second-order valence-corrected chi connectivity index (χ2v) is 5.65. The molecule has 1 nitrogen and oxygen atoms in total. The molecule has 0 spiro atoms. The summed E-state index contributed by atoms with van der Waals surface area (Å²) >= 11 is 0. The summed E-state index contributed by atoms with van der Waals surface area (Å²) < 4.78 is 0. The number of benzene rings is 2. The molecule has 0 aliphatic heterocycles. The second-order valence-electron chi connectivity index (χ2n) is 5.65. The van der Waals surface area contributed by atoms with E-state index >= 15 is 0 Å². The van der Waals surface area contributed by atoms with E-state index in [0.29, 0.717) is 5.76 Å². The molecule has 0 radical (unpaired) electrons. The number of aliphatic hydroxyl groups excluding tert-OH is 1. The van der Waals surface area contributed by atoms with Gasteiger partial charge >= 0.3 is 0 Å². The van der Waals surface area contributed by atoms with Gasteiger partial charge in [0.05, 0.1) is 0 Å². The minimum absolute atomic E-state index is 0.334. The number of allylic oxidation sites excluding steroid dienone is 2. The van der Waals surface area contributed by atoms with Crippen molar-refractivity contribution in [2.45, 2.75) is 27.7 Å². The molecule has 2 aromatic rings. The molecule has 0 atom stereocenters. The number of hydrogen-bond donors (Lipinski definition) is 1. The molecule has 1 heteroatoms. The molecule has 0 saturated heterocycles. The highest BCUT2D eigenvalue weighted by Crippen LogP contribution is 2.28. The van der Waals surface area contributed by atoms with E-state index in [0.717, 1.165) is 39.0 Å². The van der Waals surface area contributed by atoms with Crippen molar-refractivity contribution in [1.82, 2.24) is 0 Å². The predicted octanol–water partition coefficient (Wildman–Crippen LogP) is 5.78. The Bertz CT molecular complexity index is 720. The smallest absolute Gasteiger partial charge is 0.126 e. The van der Waals surface area contributed by atoms with Crippen LogP contribution in [0.2, 0.25) is 0 Å². The molecule has 0 aliphatic carbocycles. The van der Waals surface area contributed by atoms with Gasteiger partial charge in [-0.25, -0.2) is 0 Å². The van der Waals surface area contributed by atoms with Gasteiger partial charge < -0.3 is 5.11 Å². The summed E-state index contributed by atoms with van der Waals surface area (Å²) in [6.07, 6.45) is 0. The summed E-state index contributed by atoms with van der Waals surface area (Å²) in [5.41, 5.74) is 7.23. The normalized spacial score (nSPS) is 12.0. The van der Waals surface area contributed by atoms with Gasteiger partial charge in [0, 0.05) is 5.56 Å². The highest BCUT2D eigenvalue weighted by Gasteiger charge is 2.10. The molecule has 0 fully saturated rings. The molecule has 0 saturated carbocycles. The molecular formula is C20H22O. The van der Waals surface area contributed by atoms with Crippen molar-refractivity contribution in [2.24, 2.45) is 0 Å². The van der Waals surface area contributed by atoms with Gasteiger partial charge in [0.1, 0.15) is 5.76 Å². The summed E-state index contributed by atoms with van der Waals surface area (Å²) in [4.78, 5) is 0. The van der Waals surface area contributed by atoms with Gasteiger partial charge in [0.15, 0.2) is 0 Å². The lowest BCUT2D eigenvalue weighted by Crippen LogP contribution is -1.94. The zero-order valence-corrected chi connectivity index (χ0v) is 13.2. The van der Waals surface area contributed by atoms with E-state index in [2.05, 4.69) is 31.7 Å². The molecule has 0 amide bonds. The SMILES string of the molecule is C=C(C)c1ccc(C)c(/C(C)=C(/O)c2cccc(C)c2)c1. The first-order chi connectivity index (χ1) is 9.90. The van der Waals surface area contributed by atoms with Gasteiger partial charge in [-0.3, -0.25) is 0 Å². The van der Waals surface area contributed by atoms with Crippen LogP contribution in [0.3, 0.4) is 0 Å². The highest BCUT2D eigenvalue weighted by atomic mass is 16.3. The number of aliphatic hydroxyl groups is 1. The Hall–Kier alpha value is -2.28. The van der Waals surface area contributed by atoms with E-state index < -0.39 is 0 Å². The molecule has 0 heterocycles.